The molecule has 1 aliphatic heterocycles. The Hall–Kier alpha value is -3.04. The number of nitrogens with zero attached hydrogens (tertiary/aromatic N) is 4. The summed E-state index contributed by atoms with van der Waals surface area (Å²) in [6.07, 6.45) is 2.27. The van der Waals surface area contributed by atoms with Gasteiger partial charge in [0.2, 0.25) is 5.91 Å². The summed E-state index contributed by atoms with van der Waals surface area (Å²) in [7, 11) is 1.92. The van der Waals surface area contributed by atoms with Crippen LogP contribution in [0.4, 0.5) is 5.69 Å². The van der Waals surface area contributed by atoms with Crippen LogP contribution in [0.1, 0.15) is 40.8 Å². The van der Waals surface area contributed by atoms with Crippen molar-refractivity contribution in [3.8, 4) is 0 Å². The summed E-state index contributed by atoms with van der Waals surface area (Å²) in [4.78, 5) is 25.6. The minimum Gasteiger partial charge on any atom is -0.347 e. The summed E-state index contributed by atoms with van der Waals surface area (Å²) in [6, 6.07) is 11.5. The molecule has 2 aromatic heterocycles. The van der Waals surface area contributed by atoms with Gasteiger partial charge in [-0.3, -0.25) is 14.3 Å². The molecule has 2 amide bonds. The van der Waals surface area contributed by atoms with Crippen LogP contribution in [0.3, 0.4) is 0 Å². The van der Waals surface area contributed by atoms with Crippen molar-refractivity contribution in [2.24, 2.45) is 7.05 Å². The van der Waals surface area contributed by atoms with E-state index in [1.54, 1.807) is 11.9 Å². The molecule has 9 heteroatoms. The van der Waals surface area contributed by atoms with E-state index < -0.39 is 0 Å². The molecular weight excluding hydrogens is 424 g/mol. The van der Waals surface area contributed by atoms with Gasteiger partial charge in [0, 0.05) is 49.0 Å². The predicted molar refractivity (Wildman–Crippen MR) is 125 cm³/mol. The molecule has 0 aliphatic carbocycles. The number of nitrogens with one attached hydrogen (secondary N) is 2. The molecule has 3 heterocycles. The first kappa shape index (κ1) is 22.2. The maximum atomic E-state index is 12.9. The lowest BCUT2D eigenvalue weighted by Crippen LogP contribution is -2.28. The Balaban J connectivity index is 1.39. The number of hydrogen-bond acceptors (Lipinski definition) is 5. The van der Waals surface area contributed by atoms with E-state index in [-0.39, 0.29) is 11.8 Å². The first-order chi connectivity index (χ1) is 15.4. The largest absolute Gasteiger partial charge is 0.347 e. The van der Waals surface area contributed by atoms with Gasteiger partial charge in [0.25, 0.3) is 5.91 Å². The third-order valence-electron chi connectivity index (χ3n) is 5.64. The monoisotopic (exact) mass is 452 g/mol. The molecule has 2 N–H and O–H groups in total. The van der Waals surface area contributed by atoms with Crippen LogP contribution >= 0.6 is 11.9 Å². The minimum absolute atomic E-state index is 0.0336. The highest BCUT2D eigenvalue weighted by atomic mass is 32.2. The Morgan fingerprint density at radius 1 is 1.19 bits per heavy atom. The number of hydrogen-bond donors (Lipinski definition) is 2. The number of amides is 2. The van der Waals surface area contributed by atoms with Gasteiger partial charge in [-0.15, -0.1) is 0 Å². The zero-order valence-corrected chi connectivity index (χ0v) is 19.4. The van der Waals surface area contributed by atoms with E-state index in [1.807, 2.05) is 72.7 Å². The first-order valence-electron chi connectivity index (χ1n) is 10.7. The fraction of sp³-hybridized carbons (Fsp3) is 0.348. The summed E-state index contributed by atoms with van der Waals surface area (Å²) < 4.78 is 6.28. The van der Waals surface area contributed by atoms with Gasteiger partial charge in [0.05, 0.1) is 18.8 Å². The maximum Gasteiger partial charge on any atom is 0.268 e. The molecule has 8 nitrogen and oxygen atoms in total. The lowest BCUT2D eigenvalue weighted by Gasteiger charge is -2.26. The zero-order valence-electron chi connectivity index (χ0n) is 18.6. The van der Waals surface area contributed by atoms with Crippen LogP contribution in [0, 0.1) is 6.92 Å². The SMILES string of the molecule is CCC(=O)Nc1cccc(CNC(=O)c2cc(SN3CCn4nccc4C3)c(C)n2C)c1. The highest BCUT2D eigenvalue weighted by Gasteiger charge is 2.21. The third-order valence-corrected chi connectivity index (χ3v) is 6.82. The van der Waals surface area contributed by atoms with Gasteiger partial charge in [0.15, 0.2) is 0 Å². The van der Waals surface area contributed by atoms with E-state index >= 15 is 0 Å². The molecule has 0 unspecified atom stereocenters. The van der Waals surface area contributed by atoms with Gasteiger partial charge in [-0.05, 0) is 48.7 Å². The molecule has 0 spiro atoms. The van der Waals surface area contributed by atoms with Crippen LogP contribution in [0.15, 0.2) is 47.5 Å². The van der Waals surface area contributed by atoms with Crippen molar-refractivity contribution in [1.29, 1.82) is 0 Å². The van der Waals surface area contributed by atoms with Gasteiger partial charge < -0.3 is 15.2 Å². The summed E-state index contributed by atoms with van der Waals surface area (Å²) in [5, 5.41) is 10.2. The van der Waals surface area contributed by atoms with Crippen LogP contribution in [0.2, 0.25) is 0 Å². The Labute approximate surface area is 192 Å². The Morgan fingerprint density at radius 3 is 2.84 bits per heavy atom. The average molecular weight is 453 g/mol. The van der Waals surface area contributed by atoms with E-state index in [0.29, 0.717) is 18.7 Å². The van der Waals surface area contributed by atoms with Crippen molar-refractivity contribution in [2.75, 3.05) is 11.9 Å². The van der Waals surface area contributed by atoms with Gasteiger partial charge in [0.1, 0.15) is 5.69 Å². The van der Waals surface area contributed by atoms with Crippen LogP contribution in [0.5, 0.6) is 0 Å². The lowest BCUT2D eigenvalue weighted by atomic mass is 10.2. The van der Waals surface area contributed by atoms with E-state index in [9.17, 15) is 9.59 Å². The molecule has 0 fully saturated rings. The smallest absolute Gasteiger partial charge is 0.268 e. The molecule has 1 aromatic carbocycles. The Kier molecular flexibility index (Phi) is 6.66. The van der Waals surface area contributed by atoms with Gasteiger partial charge in [-0.2, -0.15) is 5.10 Å². The van der Waals surface area contributed by atoms with Crippen molar-refractivity contribution >= 4 is 29.4 Å². The summed E-state index contributed by atoms with van der Waals surface area (Å²) in [5.41, 5.74) is 4.55. The summed E-state index contributed by atoms with van der Waals surface area (Å²) >= 11 is 1.69. The average Bonchev–Trinajstić information content (AvgIpc) is 3.37. The number of rotatable bonds is 7. The number of carbonyl (C=O) groups excluding carboxylic acids is 2. The number of anilines is 1. The van der Waals surface area contributed by atoms with Crippen molar-refractivity contribution in [3.05, 3.63) is 65.2 Å². The number of carbonyl (C=O) groups is 2. The Morgan fingerprint density at radius 2 is 2.03 bits per heavy atom. The van der Waals surface area contributed by atoms with Gasteiger partial charge >= 0.3 is 0 Å². The normalized spacial score (nSPS) is 13.6. The predicted octanol–water partition coefficient (Wildman–Crippen LogP) is 3.33. The molecule has 0 atom stereocenters. The quantitative estimate of drug-likeness (QED) is 0.537. The molecular formula is C23H28N6O2S. The van der Waals surface area contributed by atoms with Gasteiger partial charge in [-0.25, -0.2) is 4.31 Å². The van der Waals surface area contributed by atoms with Crippen LogP contribution in [0.25, 0.3) is 0 Å². The molecule has 168 valence electrons. The fourth-order valence-electron chi connectivity index (χ4n) is 3.64. The van der Waals surface area contributed by atoms with Crippen molar-refractivity contribution in [3.63, 3.8) is 0 Å². The second kappa shape index (κ2) is 9.62. The molecule has 1 aliphatic rings. The van der Waals surface area contributed by atoms with Crippen LogP contribution in [-0.4, -0.2) is 37.0 Å². The lowest BCUT2D eigenvalue weighted by molar-refractivity contribution is -0.115. The summed E-state index contributed by atoms with van der Waals surface area (Å²) in [5.74, 6) is -0.157. The van der Waals surface area contributed by atoms with Crippen molar-refractivity contribution < 1.29 is 9.59 Å². The minimum atomic E-state index is -0.123. The van der Waals surface area contributed by atoms with Crippen LogP contribution < -0.4 is 10.6 Å². The van der Waals surface area contributed by atoms with E-state index in [2.05, 4.69) is 20.0 Å². The Bertz CT molecular complexity index is 1140. The first-order valence-corrected chi connectivity index (χ1v) is 11.5. The highest BCUT2D eigenvalue weighted by molar-refractivity contribution is 7.97. The molecule has 4 rings (SSSR count). The molecule has 3 aromatic rings. The van der Waals surface area contributed by atoms with Crippen LogP contribution in [-0.2, 0) is 31.5 Å². The molecule has 0 radical (unpaired) electrons. The molecule has 32 heavy (non-hydrogen) atoms. The van der Waals surface area contributed by atoms with E-state index in [1.165, 1.54) is 5.69 Å². The molecule has 0 saturated heterocycles. The second-order valence-corrected chi connectivity index (χ2v) is 8.96. The second-order valence-electron chi connectivity index (χ2n) is 7.82. The highest BCUT2D eigenvalue weighted by Crippen LogP contribution is 2.31. The molecule has 0 saturated carbocycles. The standard InChI is InChI=1S/C23H28N6O2S/c1-4-22(30)26-18-7-5-6-17(12-18)14-24-23(31)20-13-21(16(2)27(20)3)32-28-10-11-29-19(15-28)8-9-25-29/h5-9,12-13H,4,10-11,14-15H2,1-3H3,(H,24,31)(H,26,30). The third kappa shape index (κ3) is 4.89. The zero-order chi connectivity index (χ0) is 22.7. The number of aromatic nitrogens is 3. The summed E-state index contributed by atoms with van der Waals surface area (Å²) in [6.45, 7) is 6.83. The number of benzene rings is 1. The van der Waals surface area contributed by atoms with Crippen molar-refractivity contribution in [2.45, 2.75) is 44.8 Å². The fourth-order valence-corrected chi connectivity index (χ4v) is 4.72. The maximum absolute atomic E-state index is 12.9. The van der Waals surface area contributed by atoms with Crippen molar-refractivity contribution in [1.82, 2.24) is 24.0 Å². The topological polar surface area (TPSA) is 84.2 Å². The van der Waals surface area contributed by atoms with E-state index in [4.69, 9.17) is 0 Å². The number of fused-ring (bicyclic) bond motifs is 1. The van der Waals surface area contributed by atoms with E-state index in [0.717, 1.165) is 41.5 Å². The van der Waals surface area contributed by atoms with Gasteiger partial charge in [-0.1, -0.05) is 19.1 Å². The molecule has 0 bridgehead atoms.